The molecule has 2 amide bonds. The van der Waals surface area contributed by atoms with Crippen molar-refractivity contribution >= 4 is 27.7 Å². The third kappa shape index (κ3) is 5.16. The van der Waals surface area contributed by atoms with Gasteiger partial charge in [0.05, 0.1) is 23.3 Å². The van der Waals surface area contributed by atoms with Gasteiger partial charge < -0.3 is 14.5 Å². The Morgan fingerprint density at radius 3 is 2.39 bits per heavy atom. The normalized spacial score (nSPS) is 14.7. The van der Waals surface area contributed by atoms with E-state index in [0.717, 1.165) is 5.56 Å². The predicted octanol–water partition coefficient (Wildman–Crippen LogP) is 3.02. The van der Waals surface area contributed by atoms with E-state index >= 15 is 0 Å². The Kier molecular flexibility index (Phi) is 6.84. The van der Waals surface area contributed by atoms with Crippen LogP contribution in [0.3, 0.4) is 0 Å². The van der Waals surface area contributed by atoms with Crippen molar-refractivity contribution in [1.29, 1.82) is 0 Å². The maximum atomic E-state index is 13.2. The van der Waals surface area contributed by atoms with E-state index in [1.807, 2.05) is 13.0 Å². The third-order valence-corrected chi connectivity index (χ3v) is 6.76. The van der Waals surface area contributed by atoms with Crippen molar-refractivity contribution in [2.75, 3.05) is 38.0 Å². The monoisotopic (exact) mass is 445 g/mol. The van der Waals surface area contributed by atoms with Crippen molar-refractivity contribution in [2.24, 2.45) is 0 Å². The Balaban J connectivity index is 1.84. The molecule has 0 bridgehead atoms. The molecule has 166 valence electrons. The lowest BCUT2D eigenvalue weighted by molar-refractivity contribution is 0.0758. The number of sulfonamides is 1. The summed E-state index contributed by atoms with van der Waals surface area (Å²) in [7, 11) is -2.55. The Morgan fingerprint density at radius 1 is 0.968 bits per heavy atom. The van der Waals surface area contributed by atoms with Gasteiger partial charge in [-0.15, -0.1) is 0 Å². The highest BCUT2D eigenvalue weighted by molar-refractivity contribution is 7.92. The lowest BCUT2D eigenvalue weighted by atomic mass is 10.1. The number of nitrogens with zero attached hydrogens (tertiary/aromatic N) is 2. The molecule has 3 rings (SSSR count). The maximum absolute atomic E-state index is 13.2. The molecule has 1 aliphatic rings. The first kappa shape index (κ1) is 22.6. The number of anilines is 1. The Labute approximate surface area is 182 Å². The van der Waals surface area contributed by atoms with Gasteiger partial charge in [0.25, 0.3) is 15.9 Å². The Morgan fingerprint density at radius 2 is 1.65 bits per heavy atom. The topological polar surface area (TPSA) is 96.0 Å². The van der Waals surface area contributed by atoms with Crippen LogP contribution in [0, 0.1) is 13.8 Å². The van der Waals surface area contributed by atoms with Gasteiger partial charge in [0.15, 0.2) is 0 Å². The van der Waals surface area contributed by atoms with E-state index in [2.05, 4.69) is 4.72 Å². The minimum absolute atomic E-state index is 0.179. The number of nitrogens with one attached hydrogen (secondary N) is 1. The average Bonchev–Trinajstić information content (AvgIpc) is 3.01. The lowest BCUT2D eigenvalue weighted by Crippen LogP contribution is -2.37. The van der Waals surface area contributed by atoms with Crippen LogP contribution in [0.15, 0.2) is 47.4 Å². The number of ether oxygens (including phenoxy) is 1. The molecule has 8 nitrogen and oxygen atoms in total. The number of benzene rings is 2. The SMILES string of the molecule is COC(=O)N1CCCN(C(=O)c2ccccc2NS(=O)(=O)c2cc(C)ccc2C)CC1. The van der Waals surface area contributed by atoms with Crippen LogP contribution in [0.1, 0.15) is 27.9 Å². The first-order valence-electron chi connectivity index (χ1n) is 10.0. The number of aryl methyl sites for hydroxylation is 2. The van der Waals surface area contributed by atoms with Crippen molar-refractivity contribution < 1.29 is 22.7 Å². The molecule has 0 radical (unpaired) electrons. The Hall–Kier alpha value is -3.07. The minimum Gasteiger partial charge on any atom is -0.453 e. The fourth-order valence-electron chi connectivity index (χ4n) is 3.56. The second-order valence-corrected chi connectivity index (χ2v) is 9.17. The molecule has 1 N–H and O–H groups in total. The highest BCUT2D eigenvalue weighted by atomic mass is 32.2. The molecule has 1 saturated heterocycles. The van der Waals surface area contributed by atoms with Gasteiger partial charge in [0.1, 0.15) is 0 Å². The van der Waals surface area contributed by atoms with Gasteiger partial charge in [0, 0.05) is 26.2 Å². The summed E-state index contributed by atoms with van der Waals surface area (Å²) in [5.41, 5.74) is 1.94. The van der Waals surface area contributed by atoms with Crippen LogP contribution < -0.4 is 4.72 Å². The highest BCUT2D eigenvalue weighted by Crippen LogP contribution is 2.24. The zero-order valence-electron chi connectivity index (χ0n) is 17.9. The van der Waals surface area contributed by atoms with Crippen molar-refractivity contribution in [2.45, 2.75) is 25.2 Å². The lowest BCUT2D eigenvalue weighted by Gasteiger charge is -2.23. The number of para-hydroxylation sites is 1. The van der Waals surface area contributed by atoms with Crippen LogP contribution >= 0.6 is 0 Å². The molecule has 0 aliphatic carbocycles. The first-order chi connectivity index (χ1) is 14.7. The molecule has 1 heterocycles. The molecule has 2 aromatic rings. The number of amides is 2. The van der Waals surface area contributed by atoms with E-state index in [0.29, 0.717) is 38.2 Å². The number of hydrogen-bond acceptors (Lipinski definition) is 5. The molecule has 0 spiro atoms. The summed E-state index contributed by atoms with van der Waals surface area (Å²) in [5, 5.41) is 0. The molecule has 31 heavy (non-hydrogen) atoms. The summed E-state index contributed by atoms with van der Waals surface area (Å²) in [6.45, 7) is 5.21. The summed E-state index contributed by atoms with van der Waals surface area (Å²) in [4.78, 5) is 28.4. The molecule has 0 saturated carbocycles. The van der Waals surface area contributed by atoms with E-state index in [1.54, 1.807) is 53.1 Å². The molecular weight excluding hydrogens is 418 g/mol. The third-order valence-electron chi connectivity index (χ3n) is 5.25. The van der Waals surface area contributed by atoms with Crippen molar-refractivity contribution in [1.82, 2.24) is 9.80 Å². The van der Waals surface area contributed by atoms with Crippen LogP contribution in [-0.4, -0.2) is 63.5 Å². The molecule has 1 fully saturated rings. The van der Waals surface area contributed by atoms with Crippen LogP contribution in [-0.2, 0) is 14.8 Å². The van der Waals surface area contributed by atoms with Crippen LogP contribution in [0.25, 0.3) is 0 Å². The van der Waals surface area contributed by atoms with Crippen LogP contribution in [0.5, 0.6) is 0 Å². The van der Waals surface area contributed by atoms with Crippen LogP contribution in [0.2, 0.25) is 0 Å². The molecule has 9 heteroatoms. The first-order valence-corrected chi connectivity index (χ1v) is 11.5. The highest BCUT2D eigenvalue weighted by Gasteiger charge is 2.26. The number of rotatable bonds is 4. The fourth-order valence-corrected chi connectivity index (χ4v) is 4.97. The standard InChI is InChI=1S/C22H27N3O5S/c1-16-9-10-17(2)20(15-16)31(28,29)23-19-8-5-4-7-18(19)21(26)24-11-6-12-25(14-13-24)22(27)30-3/h4-5,7-10,15,23H,6,11-14H2,1-3H3. The number of hydrogen-bond donors (Lipinski definition) is 1. The van der Waals surface area contributed by atoms with Gasteiger partial charge >= 0.3 is 6.09 Å². The molecule has 2 aromatic carbocycles. The number of methoxy groups -OCH3 is 1. The smallest absolute Gasteiger partial charge is 0.409 e. The summed E-state index contributed by atoms with van der Waals surface area (Å²) in [6.07, 6.45) is 0.188. The Bertz CT molecular complexity index is 1080. The number of carbonyl (C=O) groups excluding carboxylic acids is 2. The maximum Gasteiger partial charge on any atom is 0.409 e. The quantitative estimate of drug-likeness (QED) is 0.780. The van der Waals surface area contributed by atoms with Crippen LogP contribution in [0.4, 0.5) is 10.5 Å². The predicted molar refractivity (Wildman–Crippen MR) is 118 cm³/mol. The summed E-state index contributed by atoms with van der Waals surface area (Å²) >= 11 is 0. The van der Waals surface area contributed by atoms with E-state index in [1.165, 1.54) is 7.11 Å². The fraction of sp³-hybridized carbons (Fsp3) is 0.364. The van der Waals surface area contributed by atoms with Gasteiger partial charge in [-0.3, -0.25) is 9.52 Å². The zero-order chi connectivity index (χ0) is 22.6. The second-order valence-electron chi connectivity index (χ2n) is 7.52. The van der Waals surface area contributed by atoms with E-state index in [4.69, 9.17) is 4.74 Å². The summed E-state index contributed by atoms with van der Waals surface area (Å²) in [6, 6.07) is 11.8. The molecular formula is C22H27N3O5S. The van der Waals surface area contributed by atoms with Gasteiger partial charge in [0.2, 0.25) is 0 Å². The van der Waals surface area contributed by atoms with E-state index < -0.39 is 16.1 Å². The second kappa shape index (κ2) is 9.38. The average molecular weight is 446 g/mol. The minimum atomic E-state index is -3.87. The summed E-state index contributed by atoms with van der Waals surface area (Å²) < 4.78 is 33.4. The van der Waals surface area contributed by atoms with Gasteiger partial charge in [-0.2, -0.15) is 0 Å². The number of carbonyl (C=O) groups is 2. The molecule has 0 aromatic heterocycles. The van der Waals surface area contributed by atoms with Crippen molar-refractivity contribution in [3.63, 3.8) is 0 Å². The van der Waals surface area contributed by atoms with E-state index in [-0.39, 0.29) is 22.1 Å². The van der Waals surface area contributed by atoms with Crippen molar-refractivity contribution in [3.05, 3.63) is 59.2 Å². The largest absolute Gasteiger partial charge is 0.453 e. The van der Waals surface area contributed by atoms with Crippen molar-refractivity contribution in [3.8, 4) is 0 Å². The molecule has 1 aliphatic heterocycles. The van der Waals surface area contributed by atoms with E-state index in [9.17, 15) is 18.0 Å². The summed E-state index contributed by atoms with van der Waals surface area (Å²) in [5.74, 6) is -0.286. The van der Waals surface area contributed by atoms with Gasteiger partial charge in [-0.1, -0.05) is 24.3 Å². The van der Waals surface area contributed by atoms with Gasteiger partial charge in [-0.05, 0) is 49.6 Å². The van der Waals surface area contributed by atoms with Gasteiger partial charge in [-0.25, -0.2) is 13.2 Å². The molecule has 0 unspecified atom stereocenters. The zero-order valence-corrected chi connectivity index (χ0v) is 18.7. The molecule has 0 atom stereocenters.